The molecule has 0 saturated carbocycles. The predicted molar refractivity (Wildman–Crippen MR) is 47.9 cm³/mol. The lowest BCUT2D eigenvalue weighted by Gasteiger charge is -2.03. The van der Waals surface area contributed by atoms with Crippen LogP contribution in [0.2, 0.25) is 0 Å². The molecule has 0 saturated heterocycles. The third-order valence-corrected chi connectivity index (χ3v) is 1.58. The smallest absolute Gasteiger partial charge is 0.00514 e. The summed E-state index contributed by atoms with van der Waals surface area (Å²) in [4.78, 5) is 0. The predicted octanol–water partition coefficient (Wildman–Crippen LogP) is 3.33. The van der Waals surface area contributed by atoms with Crippen LogP contribution < -0.4 is 0 Å². The molecule has 1 unspecified atom stereocenters. The fourth-order valence-corrected chi connectivity index (χ4v) is 0.778. The zero-order valence-corrected chi connectivity index (χ0v) is 7.09. The first-order chi connectivity index (χ1) is 4.72. The van der Waals surface area contributed by atoms with E-state index in [2.05, 4.69) is 32.6 Å². The summed E-state index contributed by atoms with van der Waals surface area (Å²) in [7, 11) is 0. The zero-order valence-electron chi connectivity index (χ0n) is 7.09. The van der Waals surface area contributed by atoms with E-state index in [4.69, 9.17) is 0 Å². The highest BCUT2D eigenvalue weighted by Crippen LogP contribution is 2.10. The maximum atomic E-state index is 3.64. The van der Waals surface area contributed by atoms with Gasteiger partial charge >= 0.3 is 0 Å². The van der Waals surface area contributed by atoms with Crippen molar-refractivity contribution >= 4 is 0 Å². The van der Waals surface area contributed by atoms with Crippen LogP contribution in [0.25, 0.3) is 0 Å². The molecule has 0 aliphatic carbocycles. The highest BCUT2D eigenvalue weighted by atomic mass is 14.0. The van der Waals surface area contributed by atoms with Crippen LogP contribution in [-0.4, -0.2) is 0 Å². The maximum Gasteiger partial charge on any atom is -0.00514 e. The fourth-order valence-electron chi connectivity index (χ4n) is 0.778. The molecule has 0 aliphatic heterocycles. The quantitative estimate of drug-likeness (QED) is 0.412. The van der Waals surface area contributed by atoms with Crippen molar-refractivity contribution in [2.75, 3.05) is 0 Å². The molecule has 56 valence electrons. The Balaban J connectivity index is 4.05. The summed E-state index contributed by atoms with van der Waals surface area (Å²) < 4.78 is 0. The summed E-state index contributed by atoms with van der Waals surface area (Å²) in [6.07, 6.45) is 8.13. The van der Waals surface area contributed by atoms with Crippen molar-refractivity contribution in [3.63, 3.8) is 0 Å². The molecule has 0 spiro atoms. The summed E-state index contributed by atoms with van der Waals surface area (Å²) in [5.74, 6) is 0.544. The van der Waals surface area contributed by atoms with Crippen LogP contribution in [0.1, 0.15) is 20.8 Å². The molecule has 0 aromatic carbocycles. The van der Waals surface area contributed by atoms with Gasteiger partial charge in [-0.3, -0.25) is 0 Å². The maximum absolute atomic E-state index is 3.64. The van der Waals surface area contributed by atoms with Crippen LogP contribution in [0.4, 0.5) is 0 Å². The standard InChI is InChI=1S/C10H16/c1-5-7-9(3)10(4)8-6-2/h5-8,10H,1H2,2-4H3/b8-6+,9-7+. The molecule has 0 radical (unpaired) electrons. The van der Waals surface area contributed by atoms with Crippen molar-refractivity contribution in [3.05, 3.63) is 36.5 Å². The zero-order chi connectivity index (χ0) is 7.98. The first kappa shape index (κ1) is 9.22. The Morgan fingerprint density at radius 2 is 2.10 bits per heavy atom. The van der Waals surface area contributed by atoms with Gasteiger partial charge in [0.25, 0.3) is 0 Å². The molecule has 0 aromatic heterocycles. The average molecular weight is 136 g/mol. The summed E-state index contributed by atoms with van der Waals surface area (Å²) in [5.41, 5.74) is 1.35. The SMILES string of the molecule is C=C/C=C(\C)C(C)/C=C/C. The van der Waals surface area contributed by atoms with Crippen molar-refractivity contribution < 1.29 is 0 Å². The molecule has 0 nitrogen and oxygen atoms in total. The Kier molecular flexibility index (Phi) is 4.65. The van der Waals surface area contributed by atoms with Crippen molar-refractivity contribution in [2.45, 2.75) is 20.8 Å². The second-order valence-corrected chi connectivity index (χ2v) is 2.46. The van der Waals surface area contributed by atoms with Crippen LogP contribution in [0.5, 0.6) is 0 Å². The van der Waals surface area contributed by atoms with E-state index in [1.807, 2.05) is 19.1 Å². The van der Waals surface area contributed by atoms with Gasteiger partial charge in [-0.1, -0.05) is 43.4 Å². The normalized spacial score (nSPS) is 15.7. The van der Waals surface area contributed by atoms with Crippen LogP contribution in [-0.2, 0) is 0 Å². The van der Waals surface area contributed by atoms with Crippen LogP contribution >= 0.6 is 0 Å². The van der Waals surface area contributed by atoms with Crippen molar-refractivity contribution in [2.24, 2.45) is 5.92 Å². The molecule has 0 bridgehead atoms. The minimum atomic E-state index is 0.544. The summed E-state index contributed by atoms with van der Waals surface area (Å²) >= 11 is 0. The first-order valence-electron chi connectivity index (χ1n) is 3.64. The molecular formula is C10H16. The first-order valence-corrected chi connectivity index (χ1v) is 3.64. The van der Waals surface area contributed by atoms with E-state index in [9.17, 15) is 0 Å². The summed E-state index contributed by atoms with van der Waals surface area (Å²) in [6, 6.07) is 0. The lowest BCUT2D eigenvalue weighted by Crippen LogP contribution is -1.89. The largest absolute Gasteiger partial charge is 0.0991 e. The minimum absolute atomic E-state index is 0.544. The third-order valence-electron chi connectivity index (χ3n) is 1.58. The molecule has 1 atom stereocenters. The Hall–Kier alpha value is -0.780. The Morgan fingerprint density at radius 3 is 2.50 bits per heavy atom. The molecule has 0 aliphatic rings. The van der Waals surface area contributed by atoms with Gasteiger partial charge in [-0.05, 0) is 19.8 Å². The Morgan fingerprint density at radius 1 is 1.50 bits per heavy atom. The Labute approximate surface area is 64.0 Å². The van der Waals surface area contributed by atoms with Gasteiger partial charge in [0, 0.05) is 0 Å². The van der Waals surface area contributed by atoms with E-state index in [1.54, 1.807) is 0 Å². The number of hydrogen-bond donors (Lipinski definition) is 0. The third kappa shape index (κ3) is 3.29. The van der Waals surface area contributed by atoms with Gasteiger partial charge in [0.2, 0.25) is 0 Å². The number of allylic oxidation sites excluding steroid dienone is 5. The average Bonchev–Trinajstić information content (AvgIpc) is 1.89. The van der Waals surface area contributed by atoms with Gasteiger partial charge < -0.3 is 0 Å². The van der Waals surface area contributed by atoms with Gasteiger partial charge in [-0.2, -0.15) is 0 Å². The van der Waals surface area contributed by atoms with Gasteiger partial charge in [0.1, 0.15) is 0 Å². The van der Waals surface area contributed by atoms with Crippen LogP contribution in [0.3, 0.4) is 0 Å². The van der Waals surface area contributed by atoms with E-state index < -0.39 is 0 Å². The van der Waals surface area contributed by atoms with Gasteiger partial charge in [0.15, 0.2) is 0 Å². The molecule has 0 N–H and O–H groups in total. The second-order valence-electron chi connectivity index (χ2n) is 2.46. The lowest BCUT2D eigenvalue weighted by atomic mass is 10.0. The van der Waals surface area contributed by atoms with E-state index in [0.29, 0.717) is 5.92 Å². The molecule has 0 rings (SSSR count). The fraction of sp³-hybridized carbons (Fsp3) is 0.400. The topological polar surface area (TPSA) is 0 Å². The number of hydrogen-bond acceptors (Lipinski definition) is 0. The minimum Gasteiger partial charge on any atom is -0.0991 e. The molecular weight excluding hydrogens is 120 g/mol. The molecule has 0 fully saturated rings. The van der Waals surface area contributed by atoms with E-state index in [1.165, 1.54) is 5.57 Å². The highest BCUT2D eigenvalue weighted by Gasteiger charge is 1.95. The van der Waals surface area contributed by atoms with Gasteiger partial charge in [-0.15, -0.1) is 0 Å². The lowest BCUT2D eigenvalue weighted by molar-refractivity contribution is 0.861. The molecule has 0 aromatic rings. The van der Waals surface area contributed by atoms with Crippen LogP contribution in [0.15, 0.2) is 36.5 Å². The van der Waals surface area contributed by atoms with E-state index in [-0.39, 0.29) is 0 Å². The van der Waals surface area contributed by atoms with E-state index >= 15 is 0 Å². The van der Waals surface area contributed by atoms with Gasteiger partial charge in [0.05, 0.1) is 0 Å². The second kappa shape index (κ2) is 5.04. The summed E-state index contributed by atoms with van der Waals surface area (Å²) in [5, 5.41) is 0. The van der Waals surface area contributed by atoms with Crippen molar-refractivity contribution in [1.29, 1.82) is 0 Å². The van der Waals surface area contributed by atoms with E-state index in [0.717, 1.165) is 0 Å². The highest BCUT2D eigenvalue weighted by molar-refractivity contribution is 5.14. The summed E-state index contributed by atoms with van der Waals surface area (Å²) in [6.45, 7) is 9.98. The molecule has 10 heavy (non-hydrogen) atoms. The molecule has 0 amide bonds. The Bertz CT molecular complexity index is 149. The van der Waals surface area contributed by atoms with Crippen LogP contribution in [0, 0.1) is 5.92 Å². The van der Waals surface area contributed by atoms with Crippen molar-refractivity contribution in [1.82, 2.24) is 0 Å². The molecule has 0 heteroatoms. The van der Waals surface area contributed by atoms with Crippen molar-refractivity contribution in [3.8, 4) is 0 Å². The van der Waals surface area contributed by atoms with Gasteiger partial charge in [-0.25, -0.2) is 0 Å². The monoisotopic (exact) mass is 136 g/mol. The number of rotatable bonds is 3. The molecule has 0 heterocycles.